The van der Waals surface area contributed by atoms with Crippen LogP contribution in [0.3, 0.4) is 0 Å². The number of para-hydroxylation sites is 2. The Labute approximate surface area is 209 Å². The van der Waals surface area contributed by atoms with Crippen LogP contribution in [0.5, 0.6) is 0 Å². The van der Waals surface area contributed by atoms with E-state index in [1.165, 1.54) is 88.2 Å². The van der Waals surface area contributed by atoms with Crippen molar-refractivity contribution in [2.75, 3.05) is 4.90 Å². The Hall–Kier alpha value is -2.29. The van der Waals surface area contributed by atoms with Crippen molar-refractivity contribution in [3.8, 4) is 0 Å². The molecule has 2 N–H and O–H groups in total. The third-order valence-corrected chi connectivity index (χ3v) is 6.78. The smallest absolute Gasteiger partial charge is 0.323 e. The summed E-state index contributed by atoms with van der Waals surface area (Å²) in [5.74, 6) is 0. The van der Waals surface area contributed by atoms with E-state index in [0.717, 1.165) is 37.1 Å². The molecule has 0 saturated carbocycles. The number of unbranched alkanes of at least 4 members (excludes halogenated alkanes) is 12. The first-order valence-corrected chi connectivity index (χ1v) is 13.9. The minimum absolute atomic E-state index is 0.404. The lowest BCUT2D eigenvalue weighted by Crippen LogP contribution is -2.33. The fraction of sp³-hybridized carbons (Fsp3) is 0.581. The summed E-state index contributed by atoms with van der Waals surface area (Å²) in [5, 5.41) is 0. The maximum absolute atomic E-state index is 12.7. The van der Waals surface area contributed by atoms with Crippen LogP contribution in [-0.2, 0) is 12.8 Å². The molecule has 34 heavy (non-hydrogen) atoms. The molecule has 2 aromatic carbocycles. The van der Waals surface area contributed by atoms with Gasteiger partial charge in [0, 0.05) is 0 Å². The number of hydrogen-bond donors (Lipinski definition) is 1. The predicted molar refractivity (Wildman–Crippen MR) is 148 cm³/mol. The van der Waals surface area contributed by atoms with Gasteiger partial charge in [0.2, 0.25) is 0 Å². The highest BCUT2D eigenvalue weighted by atomic mass is 16.2. The van der Waals surface area contributed by atoms with Crippen molar-refractivity contribution in [1.82, 2.24) is 0 Å². The van der Waals surface area contributed by atoms with Crippen molar-refractivity contribution < 1.29 is 4.79 Å². The number of aryl methyl sites for hydroxylation is 2. The lowest BCUT2D eigenvalue weighted by Gasteiger charge is -2.26. The minimum atomic E-state index is -0.404. The SMILES string of the molecule is CCCCCCCCCc1ccccc1N(C(N)=O)c1ccccc1CCCCCCCCC. The number of benzene rings is 2. The number of anilines is 2. The molecular weight excluding hydrogens is 416 g/mol. The molecule has 0 aromatic heterocycles. The second-order valence-corrected chi connectivity index (χ2v) is 9.67. The molecule has 0 fully saturated rings. The van der Waals surface area contributed by atoms with E-state index >= 15 is 0 Å². The summed E-state index contributed by atoms with van der Waals surface area (Å²) in [6.45, 7) is 4.52. The first kappa shape index (κ1) is 28.0. The van der Waals surface area contributed by atoms with Crippen molar-refractivity contribution in [2.24, 2.45) is 5.73 Å². The van der Waals surface area contributed by atoms with Crippen LogP contribution >= 0.6 is 0 Å². The van der Waals surface area contributed by atoms with Gasteiger partial charge in [0.15, 0.2) is 0 Å². The highest BCUT2D eigenvalue weighted by Gasteiger charge is 2.20. The van der Waals surface area contributed by atoms with E-state index in [2.05, 4.69) is 38.1 Å². The Morgan fingerprint density at radius 1 is 0.588 bits per heavy atom. The van der Waals surface area contributed by atoms with Gasteiger partial charge in [-0.1, -0.05) is 127 Å². The molecule has 0 heterocycles. The zero-order valence-electron chi connectivity index (χ0n) is 21.9. The standard InChI is InChI=1S/C31H48N2O/c1-3-5-7-9-11-13-15-21-27-23-17-19-25-29(27)33(31(32)34)30-26-20-18-24-28(30)22-16-14-12-10-8-6-4-2/h17-20,23-26H,3-16,21-22H2,1-2H3,(H2,32,34). The zero-order valence-corrected chi connectivity index (χ0v) is 21.9. The predicted octanol–water partition coefficient (Wildman–Crippen LogP) is 9.49. The lowest BCUT2D eigenvalue weighted by atomic mass is 10.00. The molecule has 0 saturated heterocycles. The Balaban J connectivity index is 2.04. The second kappa shape index (κ2) is 17.2. The van der Waals surface area contributed by atoms with Crippen molar-refractivity contribution >= 4 is 17.4 Å². The number of primary amides is 1. The molecule has 0 aliphatic carbocycles. The molecule has 3 nitrogen and oxygen atoms in total. The van der Waals surface area contributed by atoms with Crippen LogP contribution in [0.1, 0.15) is 115 Å². The molecule has 0 spiro atoms. The molecule has 0 radical (unpaired) electrons. The van der Waals surface area contributed by atoms with E-state index in [0.29, 0.717) is 0 Å². The van der Waals surface area contributed by atoms with Crippen LogP contribution in [0, 0.1) is 0 Å². The van der Waals surface area contributed by atoms with E-state index in [9.17, 15) is 4.79 Å². The Morgan fingerprint density at radius 3 is 1.32 bits per heavy atom. The number of urea groups is 1. The number of amides is 2. The quantitative estimate of drug-likeness (QED) is 0.219. The average molecular weight is 465 g/mol. The van der Waals surface area contributed by atoms with Gasteiger partial charge in [-0.05, 0) is 48.9 Å². The zero-order chi connectivity index (χ0) is 24.4. The molecule has 2 aromatic rings. The molecule has 0 bridgehead atoms. The molecule has 188 valence electrons. The third kappa shape index (κ3) is 9.91. The molecule has 0 unspecified atom stereocenters. The molecule has 0 aliphatic rings. The normalized spacial score (nSPS) is 11.0. The monoisotopic (exact) mass is 464 g/mol. The van der Waals surface area contributed by atoms with E-state index in [1.807, 2.05) is 24.3 Å². The second-order valence-electron chi connectivity index (χ2n) is 9.67. The van der Waals surface area contributed by atoms with Crippen LogP contribution in [-0.4, -0.2) is 6.03 Å². The largest absolute Gasteiger partial charge is 0.351 e. The van der Waals surface area contributed by atoms with Crippen molar-refractivity contribution in [1.29, 1.82) is 0 Å². The fourth-order valence-corrected chi connectivity index (χ4v) is 4.79. The van der Waals surface area contributed by atoms with Gasteiger partial charge >= 0.3 is 6.03 Å². The molecular formula is C31H48N2O. The summed E-state index contributed by atoms with van der Waals surface area (Å²) in [6.07, 6.45) is 19.9. The van der Waals surface area contributed by atoms with Gasteiger partial charge in [-0.15, -0.1) is 0 Å². The van der Waals surface area contributed by atoms with Gasteiger partial charge < -0.3 is 5.73 Å². The number of nitrogens with two attached hydrogens (primary N) is 1. The first-order valence-electron chi connectivity index (χ1n) is 13.9. The minimum Gasteiger partial charge on any atom is -0.351 e. The molecule has 0 atom stereocenters. The van der Waals surface area contributed by atoms with E-state index in [-0.39, 0.29) is 0 Å². The Kier molecular flexibility index (Phi) is 14.1. The number of nitrogens with zero attached hydrogens (tertiary/aromatic N) is 1. The number of carbonyl (C=O) groups excluding carboxylic acids is 1. The summed E-state index contributed by atoms with van der Waals surface area (Å²) in [7, 11) is 0. The van der Waals surface area contributed by atoms with E-state index < -0.39 is 6.03 Å². The average Bonchev–Trinajstić information content (AvgIpc) is 2.84. The van der Waals surface area contributed by atoms with Gasteiger partial charge in [-0.3, -0.25) is 4.90 Å². The summed E-state index contributed by atoms with van der Waals surface area (Å²) in [6, 6.07) is 16.2. The van der Waals surface area contributed by atoms with Crippen LogP contribution in [0.4, 0.5) is 16.2 Å². The van der Waals surface area contributed by atoms with Crippen molar-refractivity contribution in [2.45, 2.75) is 117 Å². The van der Waals surface area contributed by atoms with E-state index in [1.54, 1.807) is 4.90 Å². The van der Waals surface area contributed by atoms with Gasteiger partial charge in [-0.25, -0.2) is 4.79 Å². The number of carbonyl (C=O) groups is 1. The maximum Gasteiger partial charge on any atom is 0.323 e. The third-order valence-electron chi connectivity index (χ3n) is 6.78. The van der Waals surface area contributed by atoms with Gasteiger partial charge in [-0.2, -0.15) is 0 Å². The molecule has 3 heteroatoms. The Bertz CT molecular complexity index is 755. The van der Waals surface area contributed by atoms with Crippen LogP contribution in [0.25, 0.3) is 0 Å². The van der Waals surface area contributed by atoms with E-state index in [4.69, 9.17) is 5.73 Å². The summed E-state index contributed by atoms with van der Waals surface area (Å²) in [5.41, 5.74) is 10.3. The van der Waals surface area contributed by atoms with Gasteiger partial charge in [0.05, 0.1) is 11.4 Å². The van der Waals surface area contributed by atoms with Crippen LogP contribution in [0.2, 0.25) is 0 Å². The number of hydrogen-bond acceptors (Lipinski definition) is 1. The van der Waals surface area contributed by atoms with Crippen molar-refractivity contribution in [3.05, 3.63) is 59.7 Å². The van der Waals surface area contributed by atoms with Crippen LogP contribution in [0.15, 0.2) is 48.5 Å². The molecule has 2 rings (SSSR count). The maximum atomic E-state index is 12.7. The summed E-state index contributed by atoms with van der Waals surface area (Å²) < 4.78 is 0. The fourth-order valence-electron chi connectivity index (χ4n) is 4.79. The van der Waals surface area contributed by atoms with Crippen molar-refractivity contribution in [3.63, 3.8) is 0 Å². The first-order chi connectivity index (χ1) is 16.7. The van der Waals surface area contributed by atoms with Gasteiger partial charge in [0.25, 0.3) is 0 Å². The molecule has 2 amide bonds. The highest BCUT2D eigenvalue weighted by Crippen LogP contribution is 2.33. The molecule has 0 aliphatic heterocycles. The van der Waals surface area contributed by atoms with Gasteiger partial charge in [0.1, 0.15) is 0 Å². The Morgan fingerprint density at radius 2 is 0.941 bits per heavy atom. The summed E-state index contributed by atoms with van der Waals surface area (Å²) >= 11 is 0. The topological polar surface area (TPSA) is 46.3 Å². The summed E-state index contributed by atoms with van der Waals surface area (Å²) in [4.78, 5) is 14.4. The number of rotatable bonds is 18. The van der Waals surface area contributed by atoms with Crippen LogP contribution < -0.4 is 10.6 Å². The lowest BCUT2D eigenvalue weighted by molar-refractivity contribution is 0.256. The highest BCUT2D eigenvalue weighted by molar-refractivity contribution is 5.99.